The Hall–Kier alpha value is -2.25. The highest BCUT2D eigenvalue weighted by molar-refractivity contribution is 5.86. The van der Waals surface area contributed by atoms with E-state index in [0.717, 1.165) is 0 Å². The van der Waals surface area contributed by atoms with Crippen LogP contribution in [0.15, 0.2) is 6.33 Å². The van der Waals surface area contributed by atoms with Gasteiger partial charge in [0.25, 0.3) is 0 Å². The van der Waals surface area contributed by atoms with Crippen LogP contribution in [0.2, 0.25) is 0 Å². The van der Waals surface area contributed by atoms with Crippen molar-refractivity contribution < 1.29 is 19.1 Å². The molecule has 0 saturated carbocycles. The van der Waals surface area contributed by atoms with Gasteiger partial charge < -0.3 is 14.9 Å². The summed E-state index contributed by atoms with van der Waals surface area (Å²) >= 11 is 0. The molecule has 0 aliphatic carbocycles. The lowest BCUT2D eigenvalue weighted by molar-refractivity contribution is -0.141. The van der Waals surface area contributed by atoms with Crippen molar-refractivity contribution >= 4 is 17.7 Å². The number of amides is 1. The van der Waals surface area contributed by atoms with Gasteiger partial charge in [-0.15, -0.1) is 0 Å². The topological polar surface area (TPSA) is 86.6 Å². The number of piperidine rings is 1. The summed E-state index contributed by atoms with van der Waals surface area (Å²) in [5.74, 6) is -1.68. The summed E-state index contributed by atoms with van der Waals surface area (Å²) in [6, 6.07) is 0.0219. The highest BCUT2D eigenvalue weighted by Gasteiger charge is 2.39. The number of carbonyl (C=O) groups excluding carboxylic acids is 1. The molecule has 0 bridgehead atoms. The fourth-order valence-electron chi connectivity index (χ4n) is 3.50. The third-order valence-corrected chi connectivity index (χ3v) is 4.89. The SMILES string of the molecule is CCc1ncnc(N2CCC(N3CC(C(=O)O)CC3=O)CC2)c1F. The number of aliphatic carboxylic acids is 1. The van der Waals surface area contributed by atoms with Gasteiger partial charge in [0.1, 0.15) is 6.33 Å². The van der Waals surface area contributed by atoms with Gasteiger partial charge in [-0.05, 0) is 19.3 Å². The molecule has 2 saturated heterocycles. The molecule has 24 heavy (non-hydrogen) atoms. The van der Waals surface area contributed by atoms with E-state index in [9.17, 15) is 14.0 Å². The lowest BCUT2D eigenvalue weighted by Crippen LogP contribution is -2.46. The van der Waals surface area contributed by atoms with Crippen molar-refractivity contribution in [1.29, 1.82) is 0 Å². The van der Waals surface area contributed by atoms with Gasteiger partial charge in [-0.2, -0.15) is 0 Å². The molecule has 1 atom stereocenters. The van der Waals surface area contributed by atoms with E-state index in [1.54, 1.807) is 4.90 Å². The van der Waals surface area contributed by atoms with E-state index < -0.39 is 11.9 Å². The molecule has 1 aromatic rings. The van der Waals surface area contributed by atoms with Crippen LogP contribution >= 0.6 is 0 Å². The molecule has 2 aliphatic heterocycles. The Morgan fingerprint density at radius 2 is 2.08 bits per heavy atom. The van der Waals surface area contributed by atoms with Crippen LogP contribution in [0, 0.1) is 11.7 Å². The molecule has 3 rings (SSSR count). The average molecular weight is 336 g/mol. The first kappa shape index (κ1) is 16.6. The maximum absolute atomic E-state index is 14.4. The van der Waals surface area contributed by atoms with Crippen LogP contribution in [-0.2, 0) is 16.0 Å². The Bertz CT molecular complexity index is 646. The Kier molecular flexibility index (Phi) is 4.64. The summed E-state index contributed by atoms with van der Waals surface area (Å²) in [5.41, 5.74) is 0.404. The molecule has 7 nitrogen and oxygen atoms in total. The van der Waals surface area contributed by atoms with Crippen LogP contribution in [-0.4, -0.2) is 57.5 Å². The summed E-state index contributed by atoms with van der Waals surface area (Å²) in [7, 11) is 0. The maximum atomic E-state index is 14.4. The zero-order valence-corrected chi connectivity index (χ0v) is 13.6. The largest absolute Gasteiger partial charge is 0.481 e. The normalized spacial score (nSPS) is 22.2. The quantitative estimate of drug-likeness (QED) is 0.885. The second-order valence-electron chi connectivity index (χ2n) is 6.32. The van der Waals surface area contributed by atoms with Crippen molar-refractivity contribution in [3.63, 3.8) is 0 Å². The Balaban J connectivity index is 1.64. The smallest absolute Gasteiger partial charge is 0.308 e. The average Bonchev–Trinajstić information content (AvgIpc) is 2.97. The van der Waals surface area contributed by atoms with Gasteiger partial charge in [-0.1, -0.05) is 6.92 Å². The minimum atomic E-state index is -0.918. The van der Waals surface area contributed by atoms with E-state index >= 15 is 0 Å². The number of halogens is 1. The standard InChI is InChI=1S/C16H21FN4O3/c1-2-12-14(17)15(19-9-18-12)20-5-3-11(4-6-20)21-8-10(16(23)24)7-13(21)22/h9-11H,2-8H2,1H3,(H,23,24). The van der Waals surface area contributed by atoms with E-state index in [0.29, 0.717) is 43.9 Å². The number of carboxylic acid groups (broad SMARTS) is 1. The van der Waals surface area contributed by atoms with Crippen LogP contribution in [0.3, 0.4) is 0 Å². The molecule has 3 heterocycles. The van der Waals surface area contributed by atoms with Crippen molar-refractivity contribution in [1.82, 2.24) is 14.9 Å². The zero-order chi connectivity index (χ0) is 17.3. The minimum absolute atomic E-state index is 0.0219. The number of carboxylic acids is 1. The van der Waals surface area contributed by atoms with Gasteiger partial charge in [-0.25, -0.2) is 14.4 Å². The summed E-state index contributed by atoms with van der Waals surface area (Å²) in [4.78, 5) is 34.7. The van der Waals surface area contributed by atoms with Crippen LogP contribution in [0.5, 0.6) is 0 Å². The van der Waals surface area contributed by atoms with E-state index in [2.05, 4.69) is 9.97 Å². The van der Waals surface area contributed by atoms with Crippen molar-refractivity contribution in [3.8, 4) is 0 Å². The van der Waals surface area contributed by atoms with Crippen LogP contribution in [0.1, 0.15) is 31.9 Å². The van der Waals surface area contributed by atoms with Crippen LogP contribution in [0.4, 0.5) is 10.2 Å². The molecule has 2 fully saturated rings. The third-order valence-electron chi connectivity index (χ3n) is 4.89. The number of hydrogen-bond acceptors (Lipinski definition) is 5. The molecule has 1 unspecified atom stereocenters. The molecule has 2 aliphatic rings. The molecular weight excluding hydrogens is 315 g/mol. The Morgan fingerprint density at radius 3 is 2.67 bits per heavy atom. The number of aromatic nitrogens is 2. The first-order valence-electron chi connectivity index (χ1n) is 8.27. The summed E-state index contributed by atoms with van der Waals surface area (Å²) < 4.78 is 14.4. The van der Waals surface area contributed by atoms with Crippen molar-refractivity contribution in [2.45, 2.75) is 38.6 Å². The monoisotopic (exact) mass is 336 g/mol. The second kappa shape index (κ2) is 6.70. The van der Waals surface area contributed by atoms with E-state index in [4.69, 9.17) is 5.11 Å². The lowest BCUT2D eigenvalue weighted by Gasteiger charge is -2.37. The first-order chi connectivity index (χ1) is 11.5. The molecule has 0 aromatic carbocycles. The molecular formula is C16H21FN4O3. The number of nitrogens with zero attached hydrogens (tertiary/aromatic N) is 4. The predicted octanol–water partition coefficient (Wildman–Crippen LogP) is 1.08. The summed E-state index contributed by atoms with van der Waals surface area (Å²) in [5, 5.41) is 9.07. The second-order valence-corrected chi connectivity index (χ2v) is 6.32. The highest BCUT2D eigenvalue weighted by Crippen LogP contribution is 2.28. The highest BCUT2D eigenvalue weighted by atomic mass is 19.1. The van der Waals surface area contributed by atoms with E-state index in [1.807, 2.05) is 11.8 Å². The Morgan fingerprint density at radius 1 is 1.38 bits per heavy atom. The number of hydrogen-bond donors (Lipinski definition) is 1. The molecule has 0 spiro atoms. The third kappa shape index (κ3) is 3.05. The molecule has 130 valence electrons. The molecule has 0 radical (unpaired) electrons. The molecule has 1 aromatic heterocycles. The fraction of sp³-hybridized carbons (Fsp3) is 0.625. The number of likely N-dealkylation sites (tertiary alicyclic amines) is 1. The zero-order valence-electron chi connectivity index (χ0n) is 13.6. The van der Waals surface area contributed by atoms with Gasteiger partial charge in [-0.3, -0.25) is 9.59 Å². The fourth-order valence-corrected chi connectivity index (χ4v) is 3.50. The minimum Gasteiger partial charge on any atom is -0.481 e. The lowest BCUT2D eigenvalue weighted by atomic mass is 10.0. The van der Waals surface area contributed by atoms with Crippen LogP contribution < -0.4 is 4.90 Å². The molecule has 8 heteroatoms. The predicted molar refractivity (Wildman–Crippen MR) is 84.1 cm³/mol. The van der Waals surface area contributed by atoms with E-state index in [-0.39, 0.29) is 30.7 Å². The number of carbonyl (C=O) groups is 2. The first-order valence-corrected chi connectivity index (χ1v) is 8.27. The number of aryl methyl sites for hydroxylation is 1. The van der Waals surface area contributed by atoms with Crippen LogP contribution in [0.25, 0.3) is 0 Å². The van der Waals surface area contributed by atoms with Crippen molar-refractivity contribution in [3.05, 3.63) is 17.8 Å². The van der Waals surface area contributed by atoms with Gasteiger partial charge in [0.2, 0.25) is 5.91 Å². The summed E-state index contributed by atoms with van der Waals surface area (Å²) in [6.07, 6.45) is 3.34. The number of anilines is 1. The summed E-state index contributed by atoms with van der Waals surface area (Å²) in [6.45, 7) is 3.30. The number of rotatable bonds is 4. The van der Waals surface area contributed by atoms with E-state index in [1.165, 1.54) is 6.33 Å². The molecule has 1 amide bonds. The van der Waals surface area contributed by atoms with Gasteiger partial charge in [0.05, 0.1) is 11.6 Å². The van der Waals surface area contributed by atoms with Gasteiger partial charge >= 0.3 is 5.97 Å². The molecule has 1 N–H and O–H groups in total. The van der Waals surface area contributed by atoms with Crippen molar-refractivity contribution in [2.24, 2.45) is 5.92 Å². The van der Waals surface area contributed by atoms with Gasteiger partial charge in [0.15, 0.2) is 11.6 Å². The van der Waals surface area contributed by atoms with Crippen molar-refractivity contribution in [2.75, 3.05) is 24.5 Å². The maximum Gasteiger partial charge on any atom is 0.308 e. The Labute approximate surface area is 139 Å². The van der Waals surface area contributed by atoms with Gasteiger partial charge in [0, 0.05) is 32.1 Å².